The molecule has 0 bridgehead atoms. The van der Waals surface area contributed by atoms with E-state index in [-0.39, 0.29) is 11.4 Å². The van der Waals surface area contributed by atoms with Crippen LogP contribution in [0.25, 0.3) is 0 Å². The number of para-hydroxylation sites is 2. The van der Waals surface area contributed by atoms with Gasteiger partial charge in [-0.25, -0.2) is 0 Å². The molecule has 5 heteroatoms. The van der Waals surface area contributed by atoms with Gasteiger partial charge < -0.3 is 4.74 Å². The maximum Gasteiger partial charge on any atom is 0.310 e. The first kappa shape index (κ1) is 14.5. The molecule has 2 aromatic rings. The van der Waals surface area contributed by atoms with Crippen molar-refractivity contribution in [1.82, 2.24) is 0 Å². The Morgan fingerprint density at radius 2 is 1.90 bits per heavy atom. The summed E-state index contributed by atoms with van der Waals surface area (Å²) in [6, 6.07) is 15.8. The molecule has 1 atom stereocenters. The van der Waals surface area contributed by atoms with Gasteiger partial charge >= 0.3 is 5.69 Å². The van der Waals surface area contributed by atoms with Crippen LogP contribution in [0, 0.1) is 28.4 Å². The van der Waals surface area contributed by atoms with E-state index in [1.807, 2.05) is 37.3 Å². The summed E-state index contributed by atoms with van der Waals surface area (Å²) in [6.07, 6.45) is -0.392. The van der Waals surface area contributed by atoms with Crippen molar-refractivity contribution >= 4 is 5.69 Å². The molecule has 0 aliphatic rings. The fraction of sp³-hybridized carbons (Fsp3) is 0.188. The molecule has 2 aromatic carbocycles. The topological polar surface area (TPSA) is 76.2 Å². The highest BCUT2D eigenvalue weighted by atomic mass is 16.6. The van der Waals surface area contributed by atoms with Crippen molar-refractivity contribution in [3.05, 3.63) is 69.8 Å². The van der Waals surface area contributed by atoms with Gasteiger partial charge in [0.15, 0.2) is 11.9 Å². The third kappa shape index (κ3) is 3.80. The number of benzene rings is 2. The minimum absolute atomic E-state index is 0.112. The zero-order valence-electron chi connectivity index (χ0n) is 11.5. The molecule has 0 unspecified atom stereocenters. The largest absolute Gasteiger partial charge is 0.468 e. The van der Waals surface area contributed by atoms with Gasteiger partial charge in [0.1, 0.15) is 6.07 Å². The molecule has 0 aliphatic carbocycles. The van der Waals surface area contributed by atoms with Crippen LogP contribution in [0.3, 0.4) is 0 Å². The number of aryl methyl sites for hydroxylation is 1. The molecule has 0 fully saturated rings. The van der Waals surface area contributed by atoms with Crippen LogP contribution in [0.15, 0.2) is 48.5 Å². The van der Waals surface area contributed by atoms with Gasteiger partial charge in [0.05, 0.1) is 4.92 Å². The van der Waals surface area contributed by atoms with Crippen molar-refractivity contribution in [2.75, 3.05) is 0 Å². The summed E-state index contributed by atoms with van der Waals surface area (Å²) in [6.45, 7) is 1.98. The highest BCUT2D eigenvalue weighted by Crippen LogP contribution is 2.27. The molecule has 21 heavy (non-hydrogen) atoms. The van der Waals surface area contributed by atoms with Crippen LogP contribution in [-0.2, 0) is 6.42 Å². The number of nitro benzene ring substituents is 1. The van der Waals surface area contributed by atoms with Crippen LogP contribution >= 0.6 is 0 Å². The van der Waals surface area contributed by atoms with E-state index in [0.717, 1.165) is 11.1 Å². The first-order valence-corrected chi connectivity index (χ1v) is 6.45. The lowest BCUT2D eigenvalue weighted by Crippen LogP contribution is -2.17. The quantitative estimate of drug-likeness (QED) is 0.622. The maximum atomic E-state index is 10.9. The van der Waals surface area contributed by atoms with E-state index in [2.05, 4.69) is 0 Å². The molecule has 0 radical (unpaired) electrons. The lowest BCUT2D eigenvalue weighted by Gasteiger charge is -2.12. The van der Waals surface area contributed by atoms with Crippen LogP contribution in [0.1, 0.15) is 11.1 Å². The highest BCUT2D eigenvalue weighted by molar-refractivity contribution is 5.46. The number of hydrogen-bond donors (Lipinski definition) is 0. The first-order valence-electron chi connectivity index (χ1n) is 6.45. The van der Waals surface area contributed by atoms with Crippen molar-refractivity contribution in [3.8, 4) is 11.8 Å². The smallest absolute Gasteiger partial charge is 0.310 e. The van der Waals surface area contributed by atoms with Crippen molar-refractivity contribution in [3.63, 3.8) is 0 Å². The normalized spacial score (nSPS) is 11.4. The number of rotatable bonds is 5. The zero-order chi connectivity index (χ0) is 15.2. The van der Waals surface area contributed by atoms with E-state index >= 15 is 0 Å². The summed E-state index contributed by atoms with van der Waals surface area (Å²) in [4.78, 5) is 10.4. The Kier molecular flexibility index (Phi) is 4.52. The number of nitrogens with zero attached hydrogens (tertiary/aromatic N) is 2. The second-order valence-electron chi connectivity index (χ2n) is 4.65. The van der Waals surface area contributed by atoms with E-state index in [9.17, 15) is 15.4 Å². The molecule has 0 aliphatic heterocycles. The van der Waals surface area contributed by atoms with Crippen molar-refractivity contribution < 1.29 is 9.66 Å². The maximum absolute atomic E-state index is 10.9. The number of nitriles is 1. The fourth-order valence-electron chi connectivity index (χ4n) is 1.91. The van der Waals surface area contributed by atoms with Gasteiger partial charge in [0.2, 0.25) is 0 Å². The second kappa shape index (κ2) is 6.53. The molecular formula is C16H14N2O3. The van der Waals surface area contributed by atoms with Crippen LogP contribution in [0.4, 0.5) is 5.69 Å². The molecule has 0 heterocycles. The van der Waals surface area contributed by atoms with Crippen LogP contribution in [0.5, 0.6) is 5.75 Å². The Morgan fingerprint density at radius 1 is 1.24 bits per heavy atom. The van der Waals surface area contributed by atoms with E-state index in [1.165, 1.54) is 12.1 Å². The molecule has 0 spiro atoms. The summed E-state index contributed by atoms with van der Waals surface area (Å²) in [5.74, 6) is 0.112. The molecule has 0 saturated carbocycles. The standard InChI is InChI=1S/C16H14N2O3/c1-12-6-8-13(9-7-12)10-14(11-17)21-16-5-3-2-4-15(16)18(19)20/h2-9,14H,10H2,1H3/t14-/m1/s1. The van der Waals surface area contributed by atoms with E-state index < -0.39 is 11.0 Å². The summed E-state index contributed by atoms with van der Waals surface area (Å²) < 4.78 is 5.49. The summed E-state index contributed by atoms with van der Waals surface area (Å²) >= 11 is 0. The first-order chi connectivity index (χ1) is 10.1. The Labute approximate surface area is 122 Å². The predicted molar refractivity (Wildman–Crippen MR) is 78.0 cm³/mol. The summed E-state index contributed by atoms with van der Waals surface area (Å²) in [7, 11) is 0. The number of nitro groups is 1. The number of hydrogen-bond acceptors (Lipinski definition) is 4. The predicted octanol–water partition coefficient (Wildman–Crippen LogP) is 3.42. The molecule has 0 saturated heterocycles. The Hall–Kier alpha value is -2.87. The van der Waals surface area contributed by atoms with Gasteiger partial charge in [0, 0.05) is 12.5 Å². The monoisotopic (exact) mass is 282 g/mol. The van der Waals surface area contributed by atoms with Crippen molar-refractivity contribution in [2.24, 2.45) is 0 Å². The average Bonchev–Trinajstić information content (AvgIpc) is 2.49. The molecular weight excluding hydrogens is 268 g/mol. The summed E-state index contributed by atoms with van der Waals surface area (Å²) in [5, 5.41) is 20.1. The minimum Gasteiger partial charge on any atom is -0.468 e. The van der Waals surface area contributed by atoms with Gasteiger partial charge in [-0.05, 0) is 18.6 Å². The Bertz CT molecular complexity index is 675. The average molecular weight is 282 g/mol. The van der Waals surface area contributed by atoms with Crippen molar-refractivity contribution in [2.45, 2.75) is 19.4 Å². The van der Waals surface area contributed by atoms with Gasteiger partial charge in [0.25, 0.3) is 0 Å². The highest BCUT2D eigenvalue weighted by Gasteiger charge is 2.18. The van der Waals surface area contributed by atoms with Gasteiger partial charge in [-0.2, -0.15) is 5.26 Å². The van der Waals surface area contributed by atoms with E-state index in [4.69, 9.17) is 4.74 Å². The van der Waals surface area contributed by atoms with Crippen LogP contribution in [-0.4, -0.2) is 11.0 Å². The molecule has 0 amide bonds. The third-order valence-corrected chi connectivity index (χ3v) is 3.02. The molecule has 0 aromatic heterocycles. The van der Waals surface area contributed by atoms with Gasteiger partial charge in [-0.1, -0.05) is 42.0 Å². The molecule has 2 rings (SSSR count). The van der Waals surface area contributed by atoms with Gasteiger partial charge in [-0.15, -0.1) is 0 Å². The second-order valence-corrected chi connectivity index (χ2v) is 4.65. The minimum atomic E-state index is -0.770. The van der Waals surface area contributed by atoms with Crippen LogP contribution in [0.2, 0.25) is 0 Å². The lowest BCUT2D eigenvalue weighted by atomic mass is 10.1. The third-order valence-electron chi connectivity index (χ3n) is 3.02. The molecule has 0 N–H and O–H groups in total. The summed E-state index contributed by atoms with van der Waals surface area (Å²) in [5.41, 5.74) is 1.94. The van der Waals surface area contributed by atoms with E-state index in [1.54, 1.807) is 12.1 Å². The number of ether oxygens (including phenoxy) is 1. The SMILES string of the molecule is Cc1ccc(C[C@H](C#N)Oc2ccccc2[N+](=O)[O-])cc1. The van der Waals surface area contributed by atoms with Crippen LogP contribution < -0.4 is 4.74 Å². The Morgan fingerprint density at radius 3 is 2.52 bits per heavy atom. The fourth-order valence-corrected chi connectivity index (χ4v) is 1.91. The van der Waals surface area contributed by atoms with Crippen molar-refractivity contribution in [1.29, 1.82) is 5.26 Å². The molecule has 5 nitrogen and oxygen atoms in total. The van der Waals surface area contributed by atoms with E-state index in [0.29, 0.717) is 6.42 Å². The molecule has 106 valence electrons. The lowest BCUT2D eigenvalue weighted by molar-refractivity contribution is -0.386. The van der Waals surface area contributed by atoms with Gasteiger partial charge in [-0.3, -0.25) is 10.1 Å². The Balaban J connectivity index is 2.15. The zero-order valence-corrected chi connectivity index (χ0v) is 11.5.